The molecule has 0 aromatic carbocycles. The van der Waals surface area contributed by atoms with Crippen molar-refractivity contribution >= 4 is 55.8 Å². The van der Waals surface area contributed by atoms with Crippen molar-refractivity contribution in [1.29, 1.82) is 0 Å². The summed E-state index contributed by atoms with van der Waals surface area (Å²) in [6, 6.07) is 0. The van der Waals surface area contributed by atoms with Crippen molar-refractivity contribution in [2.24, 2.45) is 0 Å². The Morgan fingerprint density at radius 2 is 0.933 bits per heavy atom. The fourth-order valence-electron chi connectivity index (χ4n) is 3.58. The third kappa shape index (κ3) is 11.2. The highest BCUT2D eigenvalue weighted by molar-refractivity contribution is 7.87. The molecule has 0 aromatic rings. The zero-order chi connectivity index (χ0) is 23.1. The van der Waals surface area contributed by atoms with E-state index in [1.165, 1.54) is 0 Å². The van der Waals surface area contributed by atoms with Gasteiger partial charge in [0.2, 0.25) is 0 Å². The first-order valence-corrected chi connectivity index (χ1v) is 24.3. The highest BCUT2D eigenvalue weighted by Gasteiger charge is 2.51. The first kappa shape index (κ1) is 29.0. The second-order valence-electron chi connectivity index (χ2n) is 9.30. The number of rotatable bonds is 2. The van der Waals surface area contributed by atoms with Gasteiger partial charge in [0, 0.05) is 71.2 Å². The topological polar surface area (TPSA) is 80.3 Å². The predicted octanol–water partition coefficient (Wildman–Crippen LogP) is 3.42. The summed E-state index contributed by atoms with van der Waals surface area (Å²) >= 11 is 0. The van der Waals surface area contributed by atoms with Crippen molar-refractivity contribution in [2.45, 2.75) is 71.4 Å². The van der Waals surface area contributed by atoms with Crippen LogP contribution in [0.1, 0.15) is 32.1 Å². The lowest BCUT2D eigenvalue weighted by atomic mass is 10.2. The Bertz CT molecular complexity index is 548. The Labute approximate surface area is 192 Å². The van der Waals surface area contributed by atoms with Crippen LogP contribution in [0.5, 0.6) is 0 Å². The fraction of sp³-hybridized carbons (Fsp3) is 1.00. The monoisotopic (exact) mass is 534 g/mol. The van der Waals surface area contributed by atoms with E-state index in [2.05, 4.69) is 26.2 Å². The third-order valence-electron chi connectivity index (χ3n) is 4.80. The second kappa shape index (κ2) is 12.4. The Balaban J connectivity index is 3.08. The van der Waals surface area contributed by atoms with Crippen molar-refractivity contribution in [3.63, 3.8) is 0 Å². The fourth-order valence-corrected chi connectivity index (χ4v) is 26.7. The first-order chi connectivity index (χ1) is 13.7. The predicted molar refractivity (Wildman–Crippen MR) is 134 cm³/mol. The Hall–Kier alpha value is 0.968. The molecule has 1 fully saturated rings. The van der Waals surface area contributed by atoms with Gasteiger partial charge < -0.3 is 21.2 Å². The van der Waals surface area contributed by atoms with Gasteiger partial charge in [-0.3, -0.25) is 8.42 Å². The van der Waals surface area contributed by atoms with Gasteiger partial charge in [0.05, 0.1) is 0 Å². The Morgan fingerprint density at radius 1 is 0.600 bits per heavy atom. The van der Waals surface area contributed by atoms with Gasteiger partial charge in [0.15, 0.2) is 16.6 Å². The summed E-state index contributed by atoms with van der Waals surface area (Å²) in [6.07, 6.45) is 5.14. The van der Waals surface area contributed by atoms with Crippen LogP contribution in [0.25, 0.3) is 0 Å². The average molecular weight is 535 g/mol. The first-order valence-electron chi connectivity index (χ1n) is 10.6. The molecule has 1 rings (SSSR count). The van der Waals surface area contributed by atoms with Crippen molar-refractivity contribution < 1.29 is 29.6 Å². The van der Waals surface area contributed by atoms with Crippen LogP contribution in [0.15, 0.2) is 0 Å². The lowest BCUT2D eigenvalue weighted by Crippen LogP contribution is -2.62. The second-order valence-corrected chi connectivity index (χ2v) is 27.9. The molecular formula is C17H42O7S2Si4. The molecule has 0 amide bonds. The molecule has 4 atom stereocenters. The van der Waals surface area contributed by atoms with Crippen molar-refractivity contribution in [3.05, 3.63) is 0 Å². The Morgan fingerprint density at radius 3 is 1.27 bits per heavy atom. The van der Waals surface area contributed by atoms with Crippen LogP contribution in [-0.4, -0.2) is 79.1 Å². The van der Waals surface area contributed by atoms with Gasteiger partial charge in [-0.05, 0) is 39.0 Å². The van der Waals surface area contributed by atoms with Crippen molar-refractivity contribution in [1.82, 2.24) is 0 Å². The molecule has 30 heavy (non-hydrogen) atoms. The summed E-state index contributed by atoms with van der Waals surface area (Å²) < 4.78 is 56.0. The van der Waals surface area contributed by atoms with Crippen LogP contribution in [0.3, 0.4) is 0 Å². The van der Waals surface area contributed by atoms with Crippen LogP contribution in [0.2, 0.25) is 39.3 Å². The SMILES string of the molecule is CO[Si]1(C)O[Si](C)(C)CS(=O)CCCCCCCS(=O)C[Si](C)(C)O[Si](C)(OC)O1. The van der Waals surface area contributed by atoms with Gasteiger partial charge in [-0.2, -0.15) is 0 Å². The van der Waals surface area contributed by atoms with Crippen LogP contribution >= 0.6 is 0 Å². The largest absolute Gasteiger partial charge is 0.479 e. The lowest BCUT2D eigenvalue weighted by molar-refractivity contribution is 0.136. The van der Waals surface area contributed by atoms with Crippen molar-refractivity contribution in [3.8, 4) is 0 Å². The number of hydrogen-bond acceptors (Lipinski definition) is 7. The molecule has 1 aliphatic heterocycles. The average Bonchev–Trinajstić information content (AvgIpc) is 2.57. The van der Waals surface area contributed by atoms with E-state index < -0.39 is 55.8 Å². The van der Waals surface area contributed by atoms with Crippen LogP contribution in [0.4, 0.5) is 0 Å². The van der Waals surface area contributed by atoms with E-state index in [9.17, 15) is 8.42 Å². The van der Waals surface area contributed by atoms with Gasteiger partial charge in [0.1, 0.15) is 0 Å². The normalized spacial score (nSPS) is 37.7. The van der Waals surface area contributed by atoms with E-state index in [-0.39, 0.29) is 0 Å². The van der Waals surface area contributed by atoms with Gasteiger partial charge >= 0.3 is 17.6 Å². The molecule has 0 N–H and O–H groups in total. The molecule has 1 saturated heterocycles. The molecule has 0 spiro atoms. The van der Waals surface area contributed by atoms with E-state index in [4.69, 9.17) is 21.2 Å². The van der Waals surface area contributed by atoms with Gasteiger partial charge in [-0.1, -0.05) is 19.3 Å². The maximum atomic E-state index is 12.6. The Kier molecular flexibility index (Phi) is 12.0. The minimum Gasteiger partial charge on any atom is -0.415 e. The van der Waals surface area contributed by atoms with Crippen molar-refractivity contribution in [2.75, 3.05) is 36.5 Å². The summed E-state index contributed by atoms with van der Waals surface area (Å²) in [5.41, 5.74) is 0. The molecule has 0 bridgehead atoms. The molecule has 0 radical (unpaired) electrons. The van der Waals surface area contributed by atoms with Crippen LogP contribution in [0, 0.1) is 0 Å². The molecule has 1 heterocycles. The smallest absolute Gasteiger partial charge is 0.415 e. The molecule has 7 nitrogen and oxygen atoms in total. The summed E-state index contributed by atoms with van der Waals surface area (Å²) in [5, 5.41) is 1.13. The molecule has 0 aliphatic carbocycles. The van der Waals surface area contributed by atoms with Crippen LogP contribution < -0.4 is 0 Å². The van der Waals surface area contributed by atoms with Gasteiger partial charge in [-0.15, -0.1) is 0 Å². The molecule has 0 aromatic heterocycles. The zero-order valence-corrected chi connectivity index (χ0v) is 25.7. The molecule has 0 saturated carbocycles. The van der Waals surface area contributed by atoms with Gasteiger partial charge in [0.25, 0.3) is 0 Å². The quantitative estimate of drug-likeness (QED) is 0.502. The highest BCUT2D eigenvalue weighted by atomic mass is 32.2. The minimum atomic E-state index is -3.07. The summed E-state index contributed by atoms with van der Waals surface area (Å²) in [4.78, 5) is 0. The maximum Gasteiger partial charge on any atom is 0.479 e. The molecule has 1 aliphatic rings. The minimum absolute atomic E-state index is 0.563. The lowest BCUT2D eigenvalue weighted by Gasteiger charge is -2.40. The number of hydrogen-bond donors (Lipinski definition) is 0. The molecular weight excluding hydrogens is 493 g/mol. The van der Waals surface area contributed by atoms with E-state index in [0.29, 0.717) is 22.3 Å². The van der Waals surface area contributed by atoms with Gasteiger partial charge in [-0.25, -0.2) is 0 Å². The van der Waals surface area contributed by atoms with E-state index in [0.717, 1.165) is 32.1 Å². The molecule has 180 valence electrons. The summed E-state index contributed by atoms with van der Waals surface area (Å²) in [7, 11) is -9.38. The third-order valence-corrected chi connectivity index (χ3v) is 26.3. The van der Waals surface area contributed by atoms with E-state index in [1.54, 1.807) is 14.2 Å². The van der Waals surface area contributed by atoms with Crippen LogP contribution in [-0.2, 0) is 42.8 Å². The van der Waals surface area contributed by atoms with E-state index >= 15 is 0 Å². The summed E-state index contributed by atoms with van der Waals surface area (Å²) in [5.74, 6) is 1.40. The van der Waals surface area contributed by atoms with E-state index in [1.807, 2.05) is 13.1 Å². The maximum absolute atomic E-state index is 12.6. The molecule has 13 heteroatoms. The zero-order valence-electron chi connectivity index (χ0n) is 20.0. The standard InChI is InChI=1S/C17H42O7S2Si4/c1-20-29(7)22-27(3,4)16-25(18)14-12-10-9-11-13-15-26(19)17-28(5,6)23-30(8,21-2)24-29/h9-17H2,1-8H3. The summed E-state index contributed by atoms with van der Waals surface area (Å²) in [6.45, 7) is 11.9. The molecule has 4 unspecified atom stereocenters. The highest BCUT2D eigenvalue weighted by Crippen LogP contribution is 2.26.